The molecule has 0 saturated carbocycles. The number of rotatable bonds is 3. The van der Waals surface area contributed by atoms with Crippen molar-refractivity contribution in [1.29, 1.82) is 0 Å². The third-order valence-electron chi connectivity index (χ3n) is 3.31. The molecule has 0 aliphatic carbocycles. The maximum absolute atomic E-state index is 6.26. The fourth-order valence-electron chi connectivity index (χ4n) is 2.31. The van der Waals surface area contributed by atoms with E-state index < -0.39 is 0 Å². The van der Waals surface area contributed by atoms with Crippen LogP contribution in [0.2, 0.25) is 0 Å². The van der Waals surface area contributed by atoms with Crippen LogP contribution in [-0.4, -0.2) is 14.8 Å². The van der Waals surface area contributed by atoms with Crippen LogP contribution in [0.15, 0.2) is 54.9 Å². The van der Waals surface area contributed by atoms with Gasteiger partial charge in [-0.1, -0.05) is 25.1 Å². The summed E-state index contributed by atoms with van der Waals surface area (Å²) in [5.74, 6) is 0.692. The van der Waals surface area contributed by atoms with Crippen LogP contribution in [0.4, 0.5) is 5.82 Å². The molecule has 2 heterocycles. The number of pyridine rings is 1. The van der Waals surface area contributed by atoms with E-state index >= 15 is 0 Å². The van der Waals surface area contributed by atoms with Crippen LogP contribution in [0, 0.1) is 0 Å². The van der Waals surface area contributed by atoms with Crippen LogP contribution >= 0.6 is 0 Å². The summed E-state index contributed by atoms with van der Waals surface area (Å²) in [6.45, 7) is 2.09. The van der Waals surface area contributed by atoms with Gasteiger partial charge >= 0.3 is 0 Å². The number of benzene rings is 1. The summed E-state index contributed by atoms with van der Waals surface area (Å²) in [4.78, 5) is 4.16. The maximum atomic E-state index is 6.26. The highest BCUT2D eigenvalue weighted by Crippen LogP contribution is 2.29. The number of nitrogen functional groups attached to an aromatic ring is 1. The van der Waals surface area contributed by atoms with Crippen molar-refractivity contribution in [3.8, 4) is 16.9 Å². The molecule has 1 aromatic carbocycles. The smallest absolute Gasteiger partial charge is 0.131 e. The minimum Gasteiger partial charge on any atom is -0.383 e. The normalized spacial score (nSPS) is 10.7. The van der Waals surface area contributed by atoms with Crippen molar-refractivity contribution < 1.29 is 0 Å². The van der Waals surface area contributed by atoms with Crippen molar-refractivity contribution >= 4 is 5.82 Å². The van der Waals surface area contributed by atoms with Crippen molar-refractivity contribution in [2.24, 2.45) is 0 Å². The largest absolute Gasteiger partial charge is 0.383 e. The van der Waals surface area contributed by atoms with Crippen LogP contribution in [-0.2, 0) is 6.42 Å². The topological polar surface area (TPSA) is 56.7 Å². The number of hydrogen-bond acceptors (Lipinski definition) is 3. The minimum absolute atomic E-state index is 0.692. The average molecular weight is 264 g/mol. The van der Waals surface area contributed by atoms with Crippen molar-refractivity contribution in [2.45, 2.75) is 13.3 Å². The number of nitrogens with two attached hydrogens (primary N) is 1. The van der Waals surface area contributed by atoms with Crippen LogP contribution < -0.4 is 5.73 Å². The van der Waals surface area contributed by atoms with Gasteiger partial charge in [0.2, 0.25) is 0 Å². The minimum atomic E-state index is 0.692. The van der Waals surface area contributed by atoms with Gasteiger partial charge in [-0.2, -0.15) is 5.10 Å². The van der Waals surface area contributed by atoms with E-state index in [4.69, 9.17) is 5.73 Å². The van der Waals surface area contributed by atoms with Crippen molar-refractivity contribution in [2.75, 3.05) is 5.73 Å². The highest BCUT2D eigenvalue weighted by atomic mass is 15.3. The molecule has 0 atom stereocenters. The van der Waals surface area contributed by atoms with Crippen LogP contribution in [0.1, 0.15) is 12.5 Å². The Morgan fingerprint density at radius 2 is 1.90 bits per heavy atom. The molecule has 3 rings (SSSR count). The molecule has 0 spiro atoms. The Kier molecular flexibility index (Phi) is 3.21. The number of nitrogens with zero attached hydrogens (tertiary/aromatic N) is 3. The first-order valence-corrected chi connectivity index (χ1v) is 6.64. The van der Waals surface area contributed by atoms with E-state index in [9.17, 15) is 0 Å². The van der Waals surface area contributed by atoms with Gasteiger partial charge in [0.15, 0.2) is 0 Å². The molecule has 4 heteroatoms. The van der Waals surface area contributed by atoms with Crippen molar-refractivity contribution in [3.05, 3.63) is 60.4 Å². The third-order valence-corrected chi connectivity index (χ3v) is 3.31. The predicted octanol–water partition coefficient (Wildman–Crippen LogP) is 3.08. The molecule has 0 aliphatic rings. The zero-order valence-corrected chi connectivity index (χ0v) is 11.3. The monoisotopic (exact) mass is 264 g/mol. The number of hydrogen-bond donors (Lipinski definition) is 1. The number of anilines is 1. The summed E-state index contributed by atoms with van der Waals surface area (Å²) in [6, 6.07) is 13.8. The summed E-state index contributed by atoms with van der Waals surface area (Å²) in [7, 11) is 0. The molecule has 2 aromatic heterocycles. The lowest BCUT2D eigenvalue weighted by Crippen LogP contribution is -2.02. The lowest BCUT2D eigenvalue weighted by atomic mass is 10.1. The molecular formula is C16H16N4. The fraction of sp³-hybridized carbons (Fsp3) is 0.125. The first kappa shape index (κ1) is 12.4. The molecule has 100 valence electrons. The Morgan fingerprint density at radius 1 is 1.10 bits per heavy atom. The molecule has 3 aromatic rings. The van der Waals surface area contributed by atoms with Gasteiger partial charge in [-0.15, -0.1) is 0 Å². The second-order valence-electron chi connectivity index (χ2n) is 4.56. The molecule has 20 heavy (non-hydrogen) atoms. The van der Waals surface area contributed by atoms with Crippen LogP contribution in [0.5, 0.6) is 0 Å². The summed E-state index contributed by atoms with van der Waals surface area (Å²) in [5.41, 5.74) is 10.2. The highest BCUT2D eigenvalue weighted by Gasteiger charge is 2.16. The van der Waals surface area contributed by atoms with E-state index in [-0.39, 0.29) is 0 Å². The van der Waals surface area contributed by atoms with Gasteiger partial charge in [-0.05, 0) is 30.7 Å². The molecule has 0 radical (unpaired) electrons. The standard InChI is InChI=1S/C16H16N4/c1-2-14-15(12-7-6-10-18-11-12)19-20(16(14)17)13-8-4-3-5-9-13/h3-11H,2,17H2,1H3. The van der Waals surface area contributed by atoms with Crippen LogP contribution in [0.3, 0.4) is 0 Å². The summed E-state index contributed by atoms with van der Waals surface area (Å²) >= 11 is 0. The predicted molar refractivity (Wildman–Crippen MR) is 80.6 cm³/mol. The van der Waals surface area contributed by atoms with E-state index in [1.165, 1.54) is 0 Å². The molecule has 4 nitrogen and oxygen atoms in total. The molecule has 0 amide bonds. The maximum Gasteiger partial charge on any atom is 0.131 e. The Balaban J connectivity index is 2.18. The molecule has 0 bridgehead atoms. The Labute approximate surface area is 117 Å². The van der Waals surface area contributed by atoms with E-state index in [1.807, 2.05) is 48.7 Å². The summed E-state index contributed by atoms with van der Waals surface area (Å²) in [5, 5.41) is 4.67. The molecule has 0 fully saturated rings. The van der Waals surface area contributed by atoms with Gasteiger partial charge in [0, 0.05) is 23.5 Å². The molecule has 2 N–H and O–H groups in total. The molecule has 0 saturated heterocycles. The Bertz CT molecular complexity index is 702. The SMILES string of the molecule is CCc1c(-c2cccnc2)nn(-c2ccccc2)c1N. The van der Waals surface area contributed by atoms with E-state index in [0.717, 1.165) is 28.9 Å². The zero-order valence-electron chi connectivity index (χ0n) is 11.3. The second kappa shape index (κ2) is 5.17. The van der Waals surface area contributed by atoms with E-state index in [0.29, 0.717) is 5.82 Å². The average Bonchev–Trinajstić information content (AvgIpc) is 2.86. The van der Waals surface area contributed by atoms with Crippen molar-refractivity contribution in [3.63, 3.8) is 0 Å². The molecule has 0 unspecified atom stereocenters. The highest BCUT2D eigenvalue weighted by molar-refractivity contribution is 5.69. The molecule has 0 aliphatic heterocycles. The molecular weight excluding hydrogens is 248 g/mol. The lowest BCUT2D eigenvalue weighted by molar-refractivity contribution is 0.894. The van der Waals surface area contributed by atoms with Gasteiger partial charge in [-0.25, -0.2) is 4.68 Å². The first-order valence-electron chi connectivity index (χ1n) is 6.64. The zero-order chi connectivity index (χ0) is 13.9. The fourth-order valence-corrected chi connectivity index (χ4v) is 2.31. The van der Waals surface area contributed by atoms with Gasteiger partial charge < -0.3 is 5.73 Å². The third kappa shape index (κ3) is 2.05. The van der Waals surface area contributed by atoms with Crippen molar-refractivity contribution in [1.82, 2.24) is 14.8 Å². The number of para-hydroxylation sites is 1. The Hall–Kier alpha value is -2.62. The summed E-state index contributed by atoms with van der Waals surface area (Å²) < 4.78 is 1.79. The quantitative estimate of drug-likeness (QED) is 0.791. The lowest BCUT2D eigenvalue weighted by Gasteiger charge is -2.03. The first-order chi connectivity index (χ1) is 9.81. The summed E-state index contributed by atoms with van der Waals surface area (Å²) in [6.07, 6.45) is 4.41. The van der Waals surface area contributed by atoms with Crippen LogP contribution in [0.25, 0.3) is 16.9 Å². The van der Waals surface area contributed by atoms with E-state index in [1.54, 1.807) is 10.9 Å². The number of aromatic nitrogens is 3. The Morgan fingerprint density at radius 3 is 2.55 bits per heavy atom. The van der Waals surface area contributed by atoms with E-state index in [2.05, 4.69) is 17.0 Å². The second-order valence-corrected chi connectivity index (χ2v) is 4.56. The van der Waals surface area contributed by atoms with Gasteiger partial charge in [0.05, 0.1) is 11.4 Å². The van der Waals surface area contributed by atoms with Gasteiger partial charge in [0.25, 0.3) is 0 Å². The van der Waals surface area contributed by atoms with Gasteiger partial charge in [-0.3, -0.25) is 4.98 Å². The van der Waals surface area contributed by atoms with Gasteiger partial charge in [0.1, 0.15) is 5.82 Å².